The second kappa shape index (κ2) is 11.4. The number of halogens is 1. The van der Waals surface area contributed by atoms with Gasteiger partial charge in [-0.15, -0.1) is 11.8 Å². The molecule has 182 valence electrons. The Morgan fingerprint density at radius 3 is 2.29 bits per heavy atom. The van der Waals surface area contributed by atoms with Crippen LogP contribution in [0.3, 0.4) is 0 Å². The van der Waals surface area contributed by atoms with Crippen molar-refractivity contribution in [1.29, 1.82) is 0 Å². The Balaban J connectivity index is 1.88. The zero-order chi connectivity index (χ0) is 24.8. The molecule has 0 aromatic carbocycles. The van der Waals surface area contributed by atoms with E-state index in [0.717, 1.165) is 0 Å². The van der Waals surface area contributed by atoms with Gasteiger partial charge >= 0.3 is 17.9 Å². The van der Waals surface area contributed by atoms with Gasteiger partial charge in [-0.05, 0) is 24.3 Å². The Kier molecular flexibility index (Phi) is 8.56. The van der Waals surface area contributed by atoms with E-state index in [1.54, 1.807) is 30.5 Å². The smallest absolute Gasteiger partial charge is 0.303 e. The number of nitrogens with zero attached hydrogens (tertiary/aromatic N) is 2. The van der Waals surface area contributed by atoms with Crippen molar-refractivity contribution in [2.24, 2.45) is 0 Å². The summed E-state index contributed by atoms with van der Waals surface area (Å²) in [5, 5.41) is 0.0525. The Labute approximate surface area is 205 Å². The Hall–Kier alpha value is -3.05. The highest BCUT2D eigenvalue weighted by Crippen LogP contribution is 2.37. The van der Waals surface area contributed by atoms with Crippen molar-refractivity contribution >= 4 is 41.3 Å². The number of hydrogen-bond donors (Lipinski definition) is 0. The van der Waals surface area contributed by atoms with Crippen molar-refractivity contribution in [2.75, 3.05) is 12.9 Å². The van der Waals surface area contributed by atoms with Gasteiger partial charge in [0, 0.05) is 32.7 Å². The van der Waals surface area contributed by atoms with E-state index in [9.17, 15) is 14.4 Å². The molecule has 4 atom stereocenters. The summed E-state index contributed by atoms with van der Waals surface area (Å²) in [6, 6.07) is 6.83. The van der Waals surface area contributed by atoms with E-state index in [-0.39, 0.29) is 16.7 Å². The number of carbonyl (C=O) groups is 3. The SMILES string of the molecule is COc1ncccc1-c1ccc(O[C@H]2SC[C@@H](OC(C)=O)[C@H](OC(C)=O)[C@H]2OC(C)=O)c(Cl)n1. The minimum atomic E-state index is -1.07. The highest BCUT2D eigenvalue weighted by atomic mass is 35.5. The van der Waals surface area contributed by atoms with Crippen LogP contribution in [0, 0.1) is 0 Å². The summed E-state index contributed by atoms with van der Waals surface area (Å²) >= 11 is 7.62. The molecule has 1 saturated heterocycles. The monoisotopic (exact) mass is 510 g/mol. The Morgan fingerprint density at radius 2 is 1.68 bits per heavy atom. The summed E-state index contributed by atoms with van der Waals surface area (Å²) in [5.74, 6) is -0.968. The maximum Gasteiger partial charge on any atom is 0.303 e. The summed E-state index contributed by atoms with van der Waals surface area (Å²) in [6.07, 6.45) is -1.37. The summed E-state index contributed by atoms with van der Waals surface area (Å²) in [5.41, 5.74) is 0.336. The number of rotatable bonds is 7. The summed E-state index contributed by atoms with van der Waals surface area (Å²) < 4.78 is 27.4. The third kappa shape index (κ3) is 6.29. The number of carbonyl (C=O) groups excluding carboxylic acids is 3. The third-order valence-electron chi connectivity index (χ3n) is 4.60. The molecule has 0 aliphatic carbocycles. The first-order valence-electron chi connectivity index (χ1n) is 10.2. The first-order chi connectivity index (χ1) is 16.2. The summed E-state index contributed by atoms with van der Waals surface area (Å²) in [4.78, 5) is 43.6. The number of pyridine rings is 2. The zero-order valence-electron chi connectivity index (χ0n) is 18.8. The van der Waals surface area contributed by atoms with Gasteiger partial charge in [-0.3, -0.25) is 14.4 Å². The van der Waals surface area contributed by atoms with Crippen molar-refractivity contribution in [2.45, 2.75) is 44.5 Å². The number of esters is 3. The first kappa shape index (κ1) is 25.6. The molecule has 1 aliphatic heterocycles. The average molecular weight is 511 g/mol. The predicted molar refractivity (Wildman–Crippen MR) is 123 cm³/mol. The molecule has 0 amide bonds. The minimum absolute atomic E-state index is 0.0525. The number of methoxy groups -OCH3 is 1. The van der Waals surface area contributed by atoms with Gasteiger partial charge < -0.3 is 23.7 Å². The van der Waals surface area contributed by atoms with Crippen LogP contribution in [0.15, 0.2) is 30.5 Å². The van der Waals surface area contributed by atoms with E-state index < -0.39 is 41.7 Å². The predicted octanol–water partition coefficient (Wildman–Crippen LogP) is 3.05. The van der Waals surface area contributed by atoms with Gasteiger partial charge in [0.1, 0.15) is 0 Å². The van der Waals surface area contributed by atoms with Gasteiger partial charge in [0.2, 0.25) is 5.88 Å². The number of ether oxygens (including phenoxy) is 5. The molecular weight excluding hydrogens is 488 g/mol. The standard InChI is InChI=1S/C22H23ClN2O8S/c1-11(26)30-17-10-34-22(19(32-13(3)28)18(17)31-12(2)27)33-16-8-7-15(25-20(16)23)14-6-5-9-24-21(14)29-4/h5-9,17-19,22H,10H2,1-4H3/t17-,18+,19-,22+/m1/s1. The molecule has 3 heterocycles. The molecule has 2 aromatic heterocycles. The van der Waals surface area contributed by atoms with Gasteiger partial charge in [-0.1, -0.05) is 11.6 Å². The molecule has 34 heavy (non-hydrogen) atoms. The molecule has 0 spiro atoms. The van der Waals surface area contributed by atoms with Gasteiger partial charge in [0.25, 0.3) is 0 Å². The van der Waals surface area contributed by atoms with Crippen LogP contribution in [-0.4, -0.2) is 64.5 Å². The minimum Gasteiger partial charge on any atom is -0.481 e. The van der Waals surface area contributed by atoms with E-state index in [1.165, 1.54) is 39.6 Å². The second-order valence-corrected chi connectivity index (χ2v) is 8.65. The van der Waals surface area contributed by atoms with Crippen molar-refractivity contribution in [3.05, 3.63) is 35.6 Å². The molecule has 12 heteroatoms. The molecule has 2 aromatic rings. The lowest BCUT2D eigenvalue weighted by molar-refractivity contribution is -0.186. The van der Waals surface area contributed by atoms with Gasteiger partial charge in [-0.25, -0.2) is 9.97 Å². The van der Waals surface area contributed by atoms with Gasteiger partial charge in [-0.2, -0.15) is 0 Å². The largest absolute Gasteiger partial charge is 0.481 e. The maximum atomic E-state index is 11.8. The molecule has 0 N–H and O–H groups in total. The molecule has 3 rings (SSSR count). The van der Waals surface area contributed by atoms with Crippen LogP contribution < -0.4 is 9.47 Å². The highest BCUT2D eigenvalue weighted by Gasteiger charge is 2.47. The average Bonchev–Trinajstić information content (AvgIpc) is 2.77. The van der Waals surface area contributed by atoms with Crippen LogP contribution in [0.5, 0.6) is 11.6 Å². The molecule has 0 saturated carbocycles. The van der Waals surface area contributed by atoms with E-state index >= 15 is 0 Å². The van der Waals surface area contributed by atoms with E-state index in [0.29, 0.717) is 17.1 Å². The summed E-state index contributed by atoms with van der Waals surface area (Å²) in [6.45, 7) is 3.66. The van der Waals surface area contributed by atoms with Crippen LogP contribution in [-0.2, 0) is 28.6 Å². The number of hydrogen-bond acceptors (Lipinski definition) is 11. The van der Waals surface area contributed by atoms with Crippen LogP contribution in [0.4, 0.5) is 0 Å². The third-order valence-corrected chi connectivity index (χ3v) is 6.09. The van der Waals surface area contributed by atoms with E-state index in [2.05, 4.69) is 9.97 Å². The van der Waals surface area contributed by atoms with Crippen LogP contribution in [0.25, 0.3) is 11.3 Å². The molecule has 0 radical (unpaired) electrons. The molecule has 0 unspecified atom stereocenters. The Morgan fingerprint density at radius 1 is 1.00 bits per heavy atom. The molecule has 1 aliphatic rings. The lowest BCUT2D eigenvalue weighted by Gasteiger charge is -2.39. The second-order valence-electron chi connectivity index (χ2n) is 7.16. The topological polar surface area (TPSA) is 123 Å². The zero-order valence-corrected chi connectivity index (χ0v) is 20.4. The number of aromatic nitrogens is 2. The van der Waals surface area contributed by atoms with Crippen LogP contribution in [0.2, 0.25) is 5.15 Å². The Bertz CT molecular complexity index is 1070. The first-order valence-corrected chi connectivity index (χ1v) is 11.6. The van der Waals surface area contributed by atoms with Crippen molar-refractivity contribution in [1.82, 2.24) is 9.97 Å². The van der Waals surface area contributed by atoms with Crippen molar-refractivity contribution in [3.8, 4) is 22.9 Å². The fraction of sp³-hybridized carbons (Fsp3) is 0.409. The quantitative estimate of drug-likeness (QED) is 0.310. The van der Waals surface area contributed by atoms with Crippen LogP contribution >= 0.6 is 23.4 Å². The number of thioether (sulfide) groups is 1. The van der Waals surface area contributed by atoms with Crippen LogP contribution in [0.1, 0.15) is 20.8 Å². The summed E-state index contributed by atoms with van der Waals surface area (Å²) in [7, 11) is 1.50. The van der Waals surface area contributed by atoms with Crippen molar-refractivity contribution < 1.29 is 38.1 Å². The molecule has 0 bridgehead atoms. The fourth-order valence-corrected chi connectivity index (χ4v) is 4.75. The van der Waals surface area contributed by atoms with Gasteiger partial charge in [0.05, 0.1) is 18.4 Å². The molecule has 10 nitrogen and oxygen atoms in total. The maximum absolute atomic E-state index is 11.8. The highest BCUT2D eigenvalue weighted by molar-refractivity contribution is 7.99. The molecule has 1 fully saturated rings. The van der Waals surface area contributed by atoms with E-state index in [1.807, 2.05) is 0 Å². The lowest BCUT2D eigenvalue weighted by Crippen LogP contribution is -2.55. The molecular formula is C22H23ClN2O8S. The lowest BCUT2D eigenvalue weighted by atomic mass is 10.1. The van der Waals surface area contributed by atoms with E-state index in [4.69, 9.17) is 35.3 Å². The normalized spacial score (nSPS) is 21.8. The van der Waals surface area contributed by atoms with Crippen molar-refractivity contribution in [3.63, 3.8) is 0 Å². The fourth-order valence-electron chi connectivity index (χ4n) is 3.34. The van der Waals surface area contributed by atoms with Gasteiger partial charge in [0.15, 0.2) is 34.7 Å².